The van der Waals surface area contributed by atoms with E-state index in [-0.39, 0.29) is 11.9 Å². The molecule has 2 N–H and O–H groups in total. The molecule has 0 saturated heterocycles. The Balaban J connectivity index is 2.07. The summed E-state index contributed by atoms with van der Waals surface area (Å²) in [5, 5.41) is 0. The maximum atomic E-state index is 12.4. The zero-order valence-corrected chi connectivity index (χ0v) is 11.2. The van der Waals surface area contributed by atoms with Crippen LogP contribution in [0, 0.1) is 5.92 Å². The van der Waals surface area contributed by atoms with Crippen molar-refractivity contribution in [1.29, 1.82) is 0 Å². The normalized spacial score (nSPS) is 16.7. The Labute approximate surface area is 109 Å². The van der Waals surface area contributed by atoms with Crippen molar-refractivity contribution in [2.45, 2.75) is 38.8 Å². The lowest BCUT2D eigenvalue weighted by atomic mass is 10.1. The molecule has 1 aliphatic rings. The van der Waals surface area contributed by atoms with E-state index >= 15 is 0 Å². The Bertz CT molecular complexity index is 398. The van der Waals surface area contributed by atoms with Crippen LogP contribution in [0.15, 0.2) is 30.3 Å². The fourth-order valence-corrected chi connectivity index (χ4v) is 2.12. The van der Waals surface area contributed by atoms with E-state index in [1.54, 1.807) is 0 Å². The number of rotatable bonds is 5. The molecule has 0 radical (unpaired) electrons. The van der Waals surface area contributed by atoms with Crippen LogP contribution in [0.25, 0.3) is 0 Å². The minimum atomic E-state index is -0.535. The SMILES string of the molecule is CC(C)N(CC1CC1)C(=O)[C@H](N)c1ccccc1. The summed E-state index contributed by atoms with van der Waals surface area (Å²) < 4.78 is 0. The molecule has 0 heterocycles. The van der Waals surface area contributed by atoms with Crippen LogP contribution in [0.1, 0.15) is 38.3 Å². The van der Waals surface area contributed by atoms with Gasteiger partial charge in [-0.2, -0.15) is 0 Å². The molecule has 98 valence electrons. The van der Waals surface area contributed by atoms with Crippen LogP contribution >= 0.6 is 0 Å². The van der Waals surface area contributed by atoms with Gasteiger partial charge in [0.2, 0.25) is 5.91 Å². The number of nitrogens with zero attached hydrogens (tertiary/aromatic N) is 1. The monoisotopic (exact) mass is 246 g/mol. The second-order valence-electron chi connectivity index (χ2n) is 5.42. The van der Waals surface area contributed by atoms with Crippen molar-refractivity contribution in [1.82, 2.24) is 4.90 Å². The molecule has 0 aromatic heterocycles. The highest BCUT2D eigenvalue weighted by molar-refractivity contribution is 5.83. The molecule has 0 unspecified atom stereocenters. The van der Waals surface area contributed by atoms with Crippen molar-refractivity contribution in [2.24, 2.45) is 11.7 Å². The van der Waals surface area contributed by atoms with Gasteiger partial charge in [-0.05, 0) is 38.2 Å². The van der Waals surface area contributed by atoms with Gasteiger partial charge in [-0.15, -0.1) is 0 Å². The third kappa shape index (κ3) is 3.10. The summed E-state index contributed by atoms with van der Waals surface area (Å²) in [5.41, 5.74) is 6.97. The number of amides is 1. The number of hydrogen-bond acceptors (Lipinski definition) is 2. The van der Waals surface area contributed by atoms with Crippen molar-refractivity contribution in [3.63, 3.8) is 0 Å². The second kappa shape index (κ2) is 5.53. The van der Waals surface area contributed by atoms with Crippen LogP contribution in [0.3, 0.4) is 0 Å². The predicted molar refractivity (Wildman–Crippen MR) is 72.9 cm³/mol. The fraction of sp³-hybridized carbons (Fsp3) is 0.533. The molecule has 1 saturated carbocycles. The maximum Gasteiger partial charge on any atom is 0.244 e. The smallest absolute Gasteiger partial charge is 0.244 e. The minimum absolute atomic E-state index is 0.0445. The van der Waals surface area contributed by atoms with Crippen LogP contribution in [0.4, 0.5) is 0 Å². The van der Waals surface area contributed by atoms with Gasteiger partial charge < -0.3 is 10.6 Å². The molecule has 1 amide bonds. The molecule has 2 rings (SSSR count). The molecule has 1 atom stereocenters. The molecule has 3 heteroatoms. The van der Waals surface area contributed by atoms with Gasteiger partial charge >= 0.3 is 0 Å². The fourth-order valence-electron chi connectivity index (χ4n) is 2.12. The van der Waals surface area contributed by atoms with Crippen LogP contribution in [-0.4, -0.2) is 23.4 Å². The van der Waals surface area contributed by atoms with E-state index in [1.165, 1.54) is 12.8 Å². The van der Waals surface area contributed by atoms with Crippen molar-refractivity contribution < 1.29 is 4.79 Å². The highest BCUT2D eigenvalue weighted by atomic mass is 16.2. The van der Waals surface area contributed by atoms with Gasteiger partial charge in [-0.1, -0.05) is 30.3 Å². The number of benzene rings is 1. The Morgan fingerprint density at radius 2 is 1.94 bits per heavy atom. The molecule has 0 spiro atoms. The number of carbonyl (C=O) groups is 1. The average Bonchev–Trinajstić information content (AvgIpc) is 3.19. The highest BCUT2D eigenvalue weighted by Crippen LogP contribution is 2.31. The van der Waals surface area contributed by atoms with Gasteiger partial charge in [-0.25, -0.2) is 0 Å². The largest absolute Gasteiger partial charge is 0.338 e. The Hall–Kier alpha value is -1.35. The van der Waals surface area contributed by atoms with Crippen molar-refractivity contribution in [2.75, 3.05) is 6.54 Å². The molecule has 1 aliphatic carbocycles. The molecular formula is C15H22N2O. The summed E-state index contributed by atoms with van der Waals surface area (Å²) in [5.74, 6) is 0.738. The Morgan fingerprint density at radius 3 is 2.44 bits per heavy atom. The molecule has 1 aromatic rings. The van der Waals surface area contributed by atoms with Crippen molar-refractivity contribution >= 4 is 5.91 Å². The summed E-state index contributed by atoms with van der Waals surface area (Å²) in [6.45, 7) is 4.97. The summed E-state index contributed by atoms with van der Waals surface area (Å²) in [4.78, 5) is 14.4. The first-order valence-corrected chi connectivity index (χ1v) is 6.70. The lowest BCUT2D eigenvalue weighted by Gasteiger charge is -2.29. The van der Waals surface area contributed by atoms with Gasteiger partial charge in [-0.3, -0.25) is 4.79 Å². The van der Waals surface area contributed by atoms with Gasteiger partial charge in [0.15, 0.2) is 0 Å². The van der Waals surface area contributed by atoms with E-state index < -0.39 is 6.04 Å². The third-order valence-electron chi connectivity index (χ3n) is 3.48. The van der Waals surface area contributed by atoms with E-state index in [9.17, 15) is 4.79 Å². The van der Waals surface area contributed by atoms with Crippen molar-refractivity contribution in [3.05, 3.63) is 35.9 Å². The lowest BCUT2D eigenvalue weighted by Crippen LogP contribution is -2.43. The maximum absolute atomic E-state index is 12.4. The number of nitrogens with two attached hydrogens (primary N) is 1. The minimum Gasteiger partial charge on any atom is -0.338 e. The molecule has 0 bridgehead atoms. The number of hydrogen-bond donors (Lipinski definition) is 1. The first-order chi connectivity index (χ1) is 8.59. The zero-order chi connectivity index (χ0) is 13.1. The van der Waals surface area contributed by atoms with E-state index in [2.05, 4.69) is 13.8 Å². The highest BCUT2D eigenvalue weighted by Gasteiger charge is 2.30. The van der Waals surface area contributed by atoms with Gasteiger partial charge in [0.25, 0.3) is 0 Å². The van der Waals surface area contributed by atoms with Crippen LogP contribution in [0.2, 0.25) is 0 Å². The summed E-state index contributed by atoms with van der Waals surface area (Å²) in [6.07, 6.45) is 2.49. The summed E-state index contributed by atoms with van der Waals surface area (Å²) in [7, 11) is 0. The van der Waals surface area contributed by atoms with E-state index in [1.807, 2.05) is 35.2 Å². The second-order valence-corrected chi connectivity index (χ2v) is 5.42. The molecular weight excluding hydrogens is 224 g/mol. The molecule has 18 heavy (non-hydrogen) atoms. The molecule has 1 fully saturated rings. The first-order valence-electron chi connectivity index (χ1n) is 6.70. The van der Waals surface area contributed by atoms with E-state index in [0.29, 0.717) is 5.92 Å². The summed E-state index contributed by atoms with van der Waals surface area (Å²) >= 11 is 0. The van der Waals surface area contributed by atoms with Crippen LogP contribution in [0.5, 0.6) is 0 Å². The Morgan fingerprint density at radius 1 is 1.33 bits per heavy atom. The topological polar surface area (TPSA) is 46.3 Å². The predicted octanol–water partition coefficient (Wildman–Crippen LogP) is 2.33. The van der Waals surface area contributed by atoms with Crippen LogP contribution in [-0.2, 0) is 4.79 Å². The zero-order valence-electron chi connectivity index (χ0n) is 11.2. The number of carbonyl (C=O) groups excluding carboxylic acids is 1. The molecule has 0 aliphatic heterocycles. The van der Waals surface area contributed by atoms with Gasteiger partial charge in [0.1, 0.15) is 6.04 Å². The average molecular weight is 246 g/mol. The van der Waals surface area contributed by atoms with Crippen molar-refractivity contribution in [3.8, 4) is 0 Å². The third-order valence-corrected chi connectivity index (χ3v) is 3.48. The standard InChI is InChI=1S/C15H22N2O/c1-11(2)17(10-12-8-9-12)15(18)14(16)13-6-4-3-5-7-13/h3-7,11-12,14H,8-10,16H2,1-2H3/t14-/m1/s1. The van der Waals surface area contributed by atoms with Gasteiger partial charge in [0.05, 0.1) is 0 Å². The van der Waals surface area contributed by atoms with E-state index in [4.69, 9.17) is 5.73 Å². The van der Waals surface area contributed by atoms with E-state index in [0.717, 1.165) is 12.1 Å². The molecule has 1 aromatic carbocycles. The first kappa shape index (κ1) is 13.1. The van der Waals surface area contributed by atoms with Crippen LogP contribution < -0.4 is 5.73 Å². The quantitative estimate of drug-likeness (QED) is 0.866. The molecule has 3 nitrogen and oxygen atoms in total. The Kier molecular flexibility index (Phi) is 4.02. The lowest BCUT2D eigenvalue weighted by molar-refractivity contribution is -0.134. The van der Waals surface area contributed by atoms with Gasteiger partial charge in [0, 0.05) is 12.6 Å². The summed E-state index contributed by atoms with van der Waals surface area (Å²) in [6, 6.07) is 9.29.